The van der Waals surface area contributed by atoms with Crippen LogP contribution in [-0.4, -0.2) is 0 Å². The molecular formula is C23H36. The Bertz CT molecular complexity index is 534. The van der Waals surface area contributed by atoms with Gasteiger partial charge in [-0.1, -0.05) is 77.5 Å². The van der Waals surface area contributed by atoms with Gasteiger partial charge in [0.1, 0.15) is 0 Å². The monoisotopic (exact) mass is 312 g/mol. The van der Waals surface area contributed by atoms with Gasteiger partial charge in [0.2, 0.25) is 0 Å². The summed E-state index contributed by atoms with van der Waals surface area (Å²) in [5.74, 6) is 0.767. The predicted octanol–water partition coefficient (Wildman–Crippen LogP) is 7.30. The molecule has 0 nitrogen and oxygen atoms in total. The smallest absolute Gasteiger partial charge is 0.0107 e. The van der Waals surface area contributed by atoms with Crippen LogP contribution >= 0.6 is 0 Å². The van der Waals surface area contributed by atoms with Crippen molar-refractivity contribution in [2.24, 2.45) is 10.8 Å². The van der Waals surface area contributed by atoms with Crippen LogP contribution in [0.15, 0.2) is 35.9 Å². The molecule has 1 aromatic carbocycles. The second-order valence-electron chi connectivity index (χ2n) is 9.38. The molecule has 0 aromatic heterocycles. The van der Waals surface area contributed by atoms with Gasteiger partial charge in [-0.05, 0) is 66.4 Å². The Hall–Kier alpha value is -1.04. The molecule has 2 aliphatic rings. The molecule has 1 unspecified atom stereocenters. The molecule has 0 heteroatoms. The molecule has 0 saturated heterocycles. The van der Waals surface area contributed by atoms with Gasteiger partial charge < -0.3 is 0 Å². The average Bonchev–Trinajstić information content (AvgIpc) is 2.92. The summed E-state index contributed by atoms with van der Waals surface area (Å²) in [4.78, 5) is 0. The predicted molar refractivity (Wildman–Crippen MR) is 103 cm³/mol. The van der Waals surface area contributed by atoms with Crippen LogP contribution in [0.1, 0.15) is 90.7 Å². The highest BCUT2D eigenvalue weighted by atomic mass is 14.4. The first kappa shape index (κ1) is 18.3. The van der Waals surface area contributed by atoms with Gasteiger partial charge in [-0.15, -0.1) is 0 Å². The van der Waals surface area contributed by atoms with Crippen LogP contribution in [0.25, 0.3) is 0 Å². The lowest BCUT2D eigenvalue weighted by atomic mass is 9.77. The zero-order valence-corrected chi connectivity index (χ0v) is 16.2. The maximum atomic E-state index is 2.43. The zero-order valence-electron chi connectivity index (χ0n) is 16.2. The first-order valence-corrected chi connectivity index (χ1v) is 9.47. The summed E-state index contributed by atoms with van der Waals surface area (Å²) in [6.45, 7) is 14.0. The molecule has 23 heavy (non-hydrogen) atoms. The van der Waals surface area contributed by atoms with Crippen LogP contribution in [-0.2, 0) is 6.42 Å². The lowest BCUT2D eigenvalue weighted by molar-refractivity contribution is 0.319. The molecule has 0 fully saturated rings. The fourth-order valence-electron chi connectivity index (χ4n) is 3.98. The molecule has 0 heterocycles. The van der Waals surface area contributed by atoms with E-state index in [0.29, 0.717) is 10.8 Å². The third-order valence-electron chi connectivity index (χ3n) is 5.43. The Balaban J connectivity index is 0.000000174. The maximum absolute atomic E-state index is 2.43. The standard InChI is InChI=1S/C13H18.C10H18/c1-13(2,3)12-9-8-10-6-4-5-7-11(10)12;1-10(2,3)9-7-5-4-6-8-9/h4-7,12H,8-9H2,1-3H3;7H,4-6,8H2,1-3H3. The normalized spacial score (nSPS) is 21.1. The number of benzene rings is 1. The van der Waals surface area contributed by atoms with Crippen molar-refractivity contribution < 1.29 is 0 Å². The fraction of sp³-hybridized carbons (Fsp3) is 0.652. The first-order valence-electron chi connectivity index (χ1n) is 9.47. The summed E-state index contributed by atoms with van der Waals surface area (Å²) in [6, 6.07) is 8.91. The highest BCUT2D eigenvalue weighted by molar-refractivity contribution is 5.35. The van der Waals surface area contributed by atoms with Crippen molar-refractivity contribution in [1.82, 2.24) is 0 Å². The van der Waals surface area contributed by atoms with E-state index in [1.807, 2.05) is 0 Å². The maximum Gasteiger partial charge on any atom is -0.0107 e. The first-order chi connectivity index (χ1) is 10.7. The molecule has 0 spiro atoms. The topological polar surface area (TPSA) is 0 Å². The summed E-state index contributed by atoms with van der Waals surface area (Å²) in [5, 5.41) is 0. The third-order valence-corrected chi connectivity index (χ3v) is 5.43. The molecule has 0 aliphatic heterocycles. The Morgan fingerprint density at radius 3 is 2.09 bits per heavy atom. The number of aryl methyl sites for hydroxylation is 1. The Kier molecular flexibility index (Phi) is 5.76. The van der Waals surface area contributed by atoms with Gasteiger partial charge >= 0.3 is 0 Å². The van der Waals surface area contributed by atoms with Crippen LogP contribution in [0.5, 0.6) is 0 Å². The molecule has 0 amide bonds. The van der Waals surface area contributed by atoms with Crippen LogP contribution in [0, 0.1) is 10.8 Å². The van der Waals surface area contributed by atoms with Crippen LogP contribution in [0.2, 0.25) is 0 Å². The highest BCUT2D eigenvalue weighted by Crippen LogP contribution is 2.44. The number of hydrogen-bond donors (Lipinski definition) is 0. The van der Waals surface area contributed by atoms with E-state index in [-0.39, 0.29) is 0 Å². The number of fused-ring (bicyclic) bond motifs is 1. The molecule has 1 aromatic rings. The lowest BCUT2D eigenvalue weighted by Crippen LogP contribution is -2.15. The van der Waals surface area contributed by atoms with E-state index in [9.17, 15) is 0 Å². The van der Waals surface area contributed by atoms with E-state index in [2.05, 4.69) is 71.9 Å². The van der Waals surface area contributed by atoms with Crippen LogP contribution < -0.4 is 0 Å². The van der Waals surface area contributed by atoms with E-state index in [1.165, 1.54) is 38.5 Å². The number of allylic oxidation sites excluding steroid dienone is 2. The van der Waals surface area contributed by atoms with Crippen LogP contribution in [0.4, 0.5) is 0 Å². The molecule has 2 aliphatic carbocycles. The number of hydrogen-bond acceptors (Lipinski definition) is 0. The van der Waals surface area contributed by atoms with Crippen LogP contribution in [0.3, 0.4) is 0 Å². The van der Waals surface area contributed by atoms with Gasteiger partial charge in [-0.25, -0.2) is 0 Å². The van der Waals surface area contributed by atoms with E-state index in [4.69, 9.17) is 0 Å². The second kappa shape index (κ2) is 7.24. The summed E-state index contributed by atoms with van der Waals surface area (Å²) < 4.78 is 0. The van der Waals surface area contributed by atoms with Gasteiger partial charge in [0.15, 0.2) is 0 Å². The van der Waals surface area contributed by atoms with E-state index in [0.717, 1.165) is 5.92 Å². The molecule has 0 saturated carbocycles. The fourth-order valence-corrected chi connectivity index (χ4v) is 3.98. The SMILES string of the molecule is CC(C)(C)C1=CCCCC1.CC(C)(C)C1CCc2ccccc21. The summed E-state index contributed by atoms with van der Waals surface area (Å²) in [5.41, 5.74) is 5.68. The third kappa shape index (κ3) is 4.96. The minimum absolute atomic E-state index is 0.423. The van der Waals surface area contributed by atoms with Gasteiger partial charge in [0, 0.05) is 0 Å². The van der Waals surface area contributed by atoms with E-state index >= 15 is 0 Å². The molecule has 3 rings (SSSR count). The van der Waals surface area contributed by atoms with Gasteiger partial charge in [-0.2, -0.15) is 0 Å². The van der Waals surface area contributed by atoms with Gasteiger partial charge in [0.05, 0.1) is 0 Å². The van der Waals surface area contributed by atoms with Crippen molar-refractivity contribution in [2.75, 3.05) is 0 Å². The van der Waals surface area contributed by atoms with E-state index in [1.54, 1.807) is 16.7 Å². The van der Waals surface area contributed by atoms with Gasteiger partial charge in [0.25, 0.3) is 0 Å². The number of rotatable bonds is 0. The summed E-state index contributed by atoms with van der Waals surface area (Å²) >= 11 is 0. The van der Waals surface area contributed by atoms with Crippen molar-refractivity contribution in [1.29, 1.82) is 0 Å². The molecule has 0 N–H and O–H groups in total. The van der Waals surface area contributed by atoms with Crippen molar-refractivity contribution in [2.45, 2.75) is 86.0 Å². The minimum Gasteiger partial charge on any atom is -0.0848 e. The average molecular weight is 313 g/mol. The molecule has 0 bridgehead atoms. The summed E-state index contributed by atoms with van der Waals surface area (Å²) in [6.07, 6.45) is 10.5. The van der Waals surface area contributed by atoms with Crippen molar-refractivity contribution >= 4 is 0 Å². The Labute approximate surface area is 144 Å². The summed E-state index contributed by atoms with van der Waals surface area (Å²) in [7, 11) is 0. The molecule has 0 radical (unpaired) electrons. The van der Waals surface area contributed by atoms with E-state index < -0.39 is 0 Å². The molecule has 128 valence electrons. The minimum atomic E-state index is 0.423. The molecular weight excluding hydrogens is 276 g/mol. The quantitative estimate of drug-likeness (QED) is 0.441. The Morgan fingerprint density at radius 1 is 0.870 bits per heavy atom. The largest absolute Gasteiger partial charge is 0.0848 e. The molecule has 1 atom stereocenters. The zero-order chi connectivity index (χ0) is 17.1. The Morgan fingerprint density at radius 2 is 1.57 bits per heavy atom. The van der Waals surface area contributed by atoms with Gasteiger partial charge in [-0.3, -0.25) is 0 Å². The van der Waals surface area contributed by atoms with Crippen molar-refractivity contribution in [3.63, 3.8) is 0 Å². The second-order valence-corrected chi connectivity index (χ2v) is 9.38. The lowest BCUT2D eigenvalue weighted by Gasteiger charge is -2.27. The highest BCUT2D eigenvalue weighted by Gasteiger charge is 2.31. The van der Waals surface area contributed by atoms with Crippen molar-refractivity contribution in [3.8, 4) is 0 Å². The van der Waals surface area contributed by atoms with Crippen molar-refractivity contribution in [3.05, 3.63) is 47.0 Å².